The standard InChI is InChI=1S/C29H21BrN2O3/c30-23-11-12-24-25(17-23)26(22-9-5-2-6-10-22)27(29(34)35-19-21-13-15-31-16-14-21)32(28(24)33)18-20-7-3-1-4-8-20/h1-17H,18-19H2. The number of fused-ring (bicyclic) bond motifs is 1. The number of halogens is 1. The highest BCUT2D eigenvalue weighted by Gasteiger charge is 2.25. The maximum Gasteiger partial charge on any atom is 0.356 e. The van der Waals surface area contributed by atoms with Crippen molar-refractivity contribution < 1.29 is 9.53 Å². The third-order valence-corrected chi connectivity index (χ3v) is 6.29. The van der Waals surface area contributed by atoms with Gasteiger partial charge in [-0.2, -0.15) is 0 Å². The van der Waals surface area contributed by atoms with Crippen LogP contribution in [0.5, 0.6) is 0 Å². The molecule has 6 heteroatoms. The van der Waals surface area contributed by atoms with E-state index in [0.29, 0.717) is 16.3 Å². The average molecular weight is 525 g/mol. The van der Waals surface area contributed by atoms with Crippen molar-refractivity contribution in [1.29, 1.82) is 0 Å². The van der Waals surface area contributed by atoms with Crippen LogP contribution < -0.4 is 5.56 Å². The second-order valence-electron chi connectivity index (χ2n) is 8.09. The van der Waals surface area contributed by atoms with Gasteiger partial charge in [-0.15, -0.1) is 0 Å². The van der Waals surface area contributed by atoms with Gasteiger partial charge in [-0.3, -0.25) is 14.3 Å². The van der Waals surface area contributed by atoms with Gasteiger partial charge in [0.1, 0.15) is 12.3 Å². The van der Waals surface area contributed by atoms with E-state index in [9.17, 15) is 9.59 Å². The summed E-state index contributed by atoms with van der Waals surface area (Å²) in [6.07, 6.45) is 3.30. The Labute approximate surface area is 210 Å². The minimum absolute atomic E-state index is 0.0750. The van der Waals surface area contributed by atoms with Gasteiger partial charge in [0.05, 0.1) is 6.54 Å². The summed E-state index contributed by atoms with van der Waals surface area (Å²) in [4.78, 5) is 31.5. The van der Waals surface area contributed by atoms with Crippen molar-refractivity contribution >= 4 is 32.7 Å². The lowest BCUT2D eigenvalue weighted by atomic mass is 9.96. The van der Waals surface area contributed by atoms with Gasteiger partial charge in [0.25, 0.3) is 5.56 Å². The largest absolute Gasteiger partial charge is 0.456 e. The number of ether oxygens (including phenoxy) is 1. The first-order valence-corrected chi connectivity index (χ1v) is 11.9. The van der Waals surface area contributed by atoms with Crippen LogP contribution in [0.15, 0.2) is 113 Å². The molecule has 172 valence electrons. The lowest BCUT2D eigenvalue weighted by Gasteiger charge is -2.19. The summed E-state index contributed by atoms with van der Waals surface area (Å²) < 4.78 is 8.10. The summed E-state index contributed by atoms with van der Waals surface area (Å²) >= 11 is 3.53. The smallest absolute Gasteiger partial charge is 0.356 e. The van der Waals surface area contributed by atoms with Gasteiger partial charge in [-0.05, 0) is 52.4 Å². The molecule has 3 aromatic carbocycles. The van der Waals surface area contributed by atoms with Crippen molar-refractivity contribution in [1.82, 2.24) is 9.55 Å². The van der Waals surface area contributed by atoms with Crippen LogP contribution in [0, 0.1) is 0 Å². The lowest BCUT2D eigenvalue weighted by molar-refractivity contribution is 0.0460. The molecule has 0 saturated carbocycles. The van der Waals surface area contributed by atoms with Crippen LogP contribution in [0.4, 0.5) is 0 Å². The topological polar surface area (TPSA) is 61.2 Å². The summed E-state index contributed by atoms with van der Waals surface area (Å²) in [6, 6.07) is 28.3. The van der Waals surface area contributed by atoms with E-state index in [4.69, 9.17) is 4.74 Å². The monoisotopic (exact) mass is 524 g/mol. The SMILES string of the molecule is O=C(OCc1ccncc1)c1c(-c2ccccc2)c2cc(Br)ccc2c(=O)n1Cc1ccccc1. The van der Waals surface area contributed by atoms with Crippen LogP contribution in [0.3, 0.4) is 0 Å². The number of rotatable bonds is 6. The molecule has 5 aromatic rings. The van der Waals surface area contributed by atoms with E-state index in [-0.39, 0.29) is 24.4 Å². The molecule has 2 aromatic heterocycles. The fourth-order valence-electron chi connectivity index (χ4n) is 4.14. The van der Waals surface area contributed by atoms with Crippen molar-refractivity contribution in [3.05, 3.63) is 135 Å². The highest BCUT2D eigenvalue weighted by molar-refractivity contribution is 9.10. The quantitative estimate of drug-likeness (QED) is 0.247. The Hall–Kier alpha value is -4.03. The van der Waals surface area contributed by atoms with E-state index < -0.39 is 5.97 Å². The highest BCUT2D eigenvalue weighted by Crippen LogP contribution is 2.33. The van der Waals surface area contributed by atoms with E-state index in [1.807, 2.05) is 72.8 Å². The molecule has 0 aliphatic carbocycles. The van der Waals surface area contributed by atoms with Crippen LogP contribution in [0.1, 0.15) is 21.6 Å². The number of esters is 1. The molecule has 0 amide bonds. The number of pyridine rings is 2. The predicted molar refractivity (Wildman–Crippen MR) is 140 cm³/mol. The molecular formula is C29H21BrN2O3. The van der Waals surface area contributed by atoms with Crippen LogP contribution in [0.2, 0.25) is 0 Å². The first kappa shape index (κ1) is 22.7. The summed E-state index contributed by atoms with van der Waals surface area (Å²) in [6.45, 7) is 0.316. The second-order valence-corrected chi connectivity index (χ2v) is 9.00. The zero-order chi connectivity index (χ0) is 24.2. The number of hydrogen-bond donors (Lipinski definition) is 0. The van der Waals surface area contributed by atoms with E-state index in [1.54, 1.807) is 30.6 Å². The van der Waals surface area contributed by atoms with Gasteiger partial charge in [0, 0.05) is 27.8 Å². The lowest BCUT2D eigenvalue weighted by Crippen LogP contribution is -2.29. The number of aromatic nitrogens is 2. The summed E-state index contributed by atoms with van der Waals surface area (Å²) in [5, 5.41) is 1.23. The molecule has 0 spiro atoms. The first-order valence-electron chi connectivity index (χ1n) is 11.1. The number of nitrogens with zero attached hydrogens (tertiary/aromatic N) is 2. The highest BCUT2D eigenvalue weighted by atomic mass is 79.9. The molecule has 0 aliphatic rings. The Morgan fingerprint density at radius 3 is 2.23 bits per heavy atom. The minimum Gasteiger partial charge on any atom is -0.456 e. The normalized spacial score (nSPS) is 10.9. The molecule has 0 unspecified atom stereocenters. The minimum atomic E-state index is -0.560. The maximum atomic E-state index is 13.8. The van der Waals surface area contributed by atoms with E-state index in [2.05, 4.69) is 20.9 Å². The first-order chi connectivity index (χ1) is 17.1. The Morgan fingerprint density at radius 1 is 0.829 bits per heavy atom. The van der Waals surface area contributed by atoms with Crippen LogP contribution >= 0.6 is 15.9 Å². The van der Waals surface area contributed by atoms with Gasteiger partial charge in [-0.25, -0.2) is 4.79 Å². The number of hydrogen-bond acceptors (Lipinski definition) is 4. The Balaban J connectivity index is 1.76. The van der Waals surface area contributed by atoms with Gasteiger partial charge in [-0.1, -0.05) is 76.6 Å². The molecule has 0 atom stereocenters. The molecule has 0 fully saturated rings. The number of carbonyl (C=O) groups excluding carboxylic acids is 1. The van der Waals surface area contributed by atoms with Gasteiger partial charge in [0.2, 0.25) is 0 Å². The van der Waals surface area contributed by atoms with Crippen molar-refractivity contribution in [2.24, 2.45) is 0 Å². The van der Waals surface area contributed by atoms with E-state index in [1.165, 1.54) is 4.57 Å². The summed E-state index contributed by atoms with van der Waals surface area (Å²) in [5.41, 5.74) is 3.20. The predicted octanol–water partition coefficient (Wildman–Crippen LogP) is 6.23. The van der Waals surface area contributed by atoms with Crippen LogP contribution in [-0.4, -0.2) is 15.5 Å². The van der Waals surface area contributed by atoms with Crippen molar-refractivity contribution in [3.8, 4) is 11.1 Å². The fraction of sp³-hybridized carbons (Fsp3) is 0.0690. The molecule has 0 radical (unpaired) electrons. The maximum absolute atomic E-state index is 13.8. The number of carbonyl (C=O) groups is 1. The van der Waals surface area contributed by atoms with Crippen LogP contribution in [0.25, 0.3) is 21.9 Å². The second kappa shape index (κ2) is 10.1. The Morgan fingerprint density at radius 2 is 1.51 bits per heavy atom. The molecule has 2 heterocycles. The Kier molecular flexibility index (Phi) is 6.55. The molecule has 0 aliphatic heterocycles. The summed E-state index contributed by atoms with van der Waals surface area (Å²) in [7, 11) is 0. The van der Waals surface area contributed by atoms with E-state index >= 15 is 0 Å². The summed E-state index contributed by atoms with van der Waals surface area (Å²) in [5.74, 6) is -0.560. The molecule has 5 nitrogen and oxygen atoms in total. The zero-order valence-corrected chi connectivity index (χ0v) is 20.3. The molecule has 35 heavy (non-hydrogen) atoms. The van der Waals surface area contributed by atoms with Gasteiger partial charge >= 0.3 is 5.97 Å². The molecule has 0 N–H and O–H groups in total. The van der Waals surface area contributed by atoms with Crippen molar-refractivity contribution in [3.63, 3.8) is 0 Å². The van der Waals surface area contributed by atoms with Gasteiger partial charge in [0.15, 0.2) is 0 Å². The average Bonchev–Trinajstić information content (AvgIpc) is 2.90. The Bertz CT molecular complexity index is 1550. The molecule has 5 rings (SSSR count). The van der Waals surface area contributed by atoms with E-state index in [0.717, 1.165) is 21.2 Å². The van der Waals surface area contributed by atoms with Crippen molar-refractivity contribution in [2.45, 2.75) is 13.2 Å². The molecule has 0 saturated heterocycles. The number of benzene rings is 3. The third kappa shape index (κ3) is 4.79. The van der Waals surface area contributed by atoms with Crippen molar-refractivity contribution in [2.75, 3.05) is 0 Å². The zero-order valence-electron chi connectivity index (χ0n) is 18.7. The fourth-order valence-corrected chi connectivity index (χ4v) is 4.50. The molecule has 0 bridgehead atoms. The molecular weight excluding hydrogens is 504 g/mol. The third-order valence-electron chi connectivity index (χ3n) is 5.79. The van der Waals surface area contributed by atoms with Crippen LogP contribution in [-0.2, 0) is 17.9 Å². The van der Waals surface area contributed by atoms with Gasteiger partial charge < -0.3 is 4.74 Å².